The van der Waals surface area contributed by atoms with Crippen LogP contribution in [0.15, 0.2) is 18.2 Å². The van der Waals surface area contributed by atoms with E-state index in [9.17, 15) is 27.6 Å². The normalized spacial score (nSPS) is 30.0. The zero-order chi connectivity index (χ0) is 27.3. The summed E-state index contributed by atoms with van der Waals surface area (Å²) in [4.78, 5) is 43.7. The lowest BCUT2D eigenvalue weighted by Gasteiger charge is -2.41. The summed E-state index contributed by atoms with van der Waals surface area (Å²) < 4.78 is 39.7. The Morgan fingerprint density at radius 3 is 2.41 bits per heavy atom. The second kappa shape index (κ2) is 10.4. The van der Waals surface area contributed by atoms with E-state index in [4.69, 9.17) is 0 Å². The number of likely N-dealkylation sites (tertiary alicyclic amines) is 1. The van der Waals surface area contributed by atoms with Crippen LogP contribution in [0, 0.1) is 11.8 Å². The summed E-state index contributed by atoms with van der Waals surface area (Å²) in [5, 5.41) is 2.37. The number of carbonyl (C=O) groups is 3. The summed E-state index contributed by atoms with van der Waals surface area (Å²) in [6, 6.07) is 5.64. The second-order valence-corrected chi connectivity index (χ2v) is 12.1. The molecule has 5 aliphatic rings. The molecule has 0 bridgehead atoms. The molecule has 1 unspecified atom stereocenters. The van der Waals surface area contributed by atoms with Gasteiger partial charge >= 0.3 is 6.18 Å². The maximum absolute atomic E-state index is 13.4. The molecule has 10 heteroatoms. The zero-order valence-corrected chi connectivity index (χ0v) is 22.2. The Bertz CT molecular complexity index is 1130. The molecule has 2 saturated heterocycles. The molecule has 1 aromatic carbocycles. The van der Waals surface area contributed by atoms with Crippen LogP contribution in [0.1, 0.15) is 80.1 Å². The minimum Gasteiger partial charge on any atom is -0.368 e. The van der Waals surface area contributed by atoms with Crippen molar-refractivity contribution in [2.75, 3.05) is 24.5 Å². The Morgan fingerprint density at radius 1 is 0.974 bits per heavy atom. The van der Waals surface area contributed by atoms with Gasteiger partial charge in [0.1, 0.15) is 6.04 Å². The number of fused-ring (bicyclic) bond motifs is 1. The number of alkyl halides is 3. The first-order valence-electron chi connectivity index (χ1n) is 14.5. The van der Waals surface area contributed by atoms with Crippen molar-refractivity contribution >= 4 is 23.4 Å². The number of nitrogens with zero attached hydrogens (tertiary/aromatic N) is 3. The van der Waals surface area contributed by atoms with Crippen LogP contribution in [0.3, 0.4) is 0 Å². The lowest BCUT2D eigenvalue weighted by Crippen LogP contribution is -2.52. The number of imide groups is 1. The summed E-state index contributed by atoms with van der Waals surface area (Å²) >= 11 is 0. The van der Waals surface area contributed by atoms with Gasteiger partial charge in [-0.1, -0.05) is 18.9 Å². The molecule has 6 rings (SSSR count). The highest BCUT2D eigenvalue weighted by molar-refractivity contribution is 6.06. The molecule has 212 valence electrons. The molecule has 3 aliphatic heterocycles. The number of hydrogen-bond acceptors (Lipinski definition) is 5. The Kier molecular flexibility index (Phi) is 7.10. The highest BCUT2D eigenvalue weighted by Crippen LogP contribution is 2.41. The monoisotopic (exact) mass is 546 g/mol. The predicted molar refractivity (Wildman–Crippen MR) is 139 cm³/mol. The van der Waals surface area contributed by atoms with Crippen molar-refractivity contribution in [1.29, 1.82) is 0 Å². The third-order valence-electron chi connectivity index (χ3n) is 9.65. The van der Waals surface area contributed by atoms with Crippen molar-refractivity contribution < 1.29 is 27.6 Å². The molecule has 4 fully saturated rings. The van der Waals surface area contributed by atoms with Crippen molar-refractivity contribution in [2.45, 2.75) is 95.1 Å². The van der Waals surface area contributed by atoms with Gasteiger partial charge in [0, 0.05) is 55.0 Å². The number of amides is 3. The van der Waals surface area contributed by atoms with Gasteiger partial charge in [-0.3, -0.25) is 24.6 Å². The van der Waals surface area contributed by atoms with E-state index in [0.29, 0.717) is 25.1 Å². The SMILES string of the molecule is O=C1CCC(N2Cc3c(cccc3N(CCC3CC3)C3CCC(N4CC[C@@H](C(F)(F)F)C4)CC3)C2=O)C(=O)N1. The topological polar surface area (TPSA) is 73.0 Å². The Balaban J connectivity index is 1.18. The van der Waals surface area contributed by atoms with Crippen LogP contribution in [-0.2, 0) is 16.1 Å². The molecule has 2 atom stereocenters. The van der Waals surface area contributed by atoms with Crippen molar-refractivity contribution in [3.63, 3.8) is 0 Å². The molecule has 1 N–H and O–H groups in total. The van der Waals surface area contributed by atoms with E-state index in [2.05, 4.69) is 21.2 Å². The molecular formula is C29H37F3N4O3. The number of benzene rings is 1. The molecule has 1 aromatic rings. The third kappa shape index (κ3) is 5.41. The molecule has 7 nitrogen and oxygen atoms in total. The van der Waals surface area contributed by atoms with Gasteiger partial charge in [-0.2, -0.15) is 13.2 Å². The fourth-order valence-electron chi connectivity index (χ4n) is 7.19. The fourth-order valence-corrected chi connectivity index (χ4v) is 7.19. The second-order valence-electron chi connectivity index (χ2n) is 12.1. The quantitative estimate of drug-likeness (QED) is 0.518. The number of halogens is 3. The number of rotatable bonds is 7. The highest BCUT2D eigenvalue weighted by Gasteiger charge is 2.46. The summed E-state index contributed by atoms with van der Waals surface area (Å²) in [6.45, 7) is 1.88. The van der Waals surface area contributed by atoms with Gasteiger partial charge in [-0.05, 0) is 69.5 Å². The maximum atomic E-state index is 13.4. The molecule has 0 radical (unpaired) electrons. The van der Waals surface area contributed by atoms with Gasteiger partial charge in [0.25, 0.3) is 5.91 Å². The average molecular weight is 547 g/mol. The van der Waals surface area contributed by atoms with Gasteiger partial charge in [0.15, 0.2) is 0 Å². The van der Waals surface area contributed by atoms with Crippen LogP contribution in [0.4, 0.5) is 18.9 Å². The number of carbonyl (C=O) groups excluding carboxylic acids is 3. The number of piperidine rings is 1. The molecule has 3 heterocycles. The minimum atomic E-state index is -4.11. The van der Waals surface area contributed by atoms with E-state index in [1.807, 2.05) is 12.1 Å². The van der Waals surface area contributed by atoms with E-state index < -0.39 is 24.0 Å². The molecule has 2 aliphatic carbocycles. The molecule has 39 heavy (non-hydrogen) atoms. The van der Waals surface area contributed by atoms with Crippen molar-refractivity contribution in [3.05, 3.63) is 29.3 Å². The molecule has 0 spiro atoms. The Labute approximate surface area is 227 Å². The molecule has 2 saturated carbocycles. The predicted octanol–water partition coefficient (Wildman–Crippen LogP) is 4.25. The van der Waals surface area contributed by atoms with Crippen LogP contribution in [0.2, 0.25) is 0 Å². The fraction of sp³-hybridized carbons (Fsp3) is 0.690. The number of anilines is 1. The van der Waals surface area contributed by atoms with Gasteiger partial charge in [0.2, 0.25) is 11.8 Å². The first kappa shape index (κ1) is 26.6. The first-order valence-corrected chi connectivity index (χ1v) is 14.5. The van der Waals surface area contributed by atoms with E-state index in [0.717, 1.165) is 55.8 Å². The zero-order valence-electron chi connectivity index (χ0n) is 22.2. The third-order valence-corrected chi connectivity index (χ3v) is 9.65. The van der Waals surface area contributed by atoms with E-state index in [1.54, 1.807) is 4.90 Å². The first-order chi connectivity index (χ1) is 18.7. The molecule has 3 amide bonds. The average Bonchev–Trinajstić information content (AvgIpc) is 3.47. The molecular weight excluding hydrogens is 509 g/mol. The van der Waals surface area contributed by atoms with Crippen LogP contribution >= 0.6 is 0 Å². The van der Waals surface area contributed by atoms with Crippen LogP contribution in [0.5, 0.6) is 0 Å². The summed E-state index contributed by atoms with van der Waals surface area (Å²) in [5.41, 5.74) is 2.60. The minimum absolute atomic E-state index is 0.120. The van der Waals surface area contributed by atoms with Gasteiger partial charge < -0.3 is 9.80 Å². The molecule has 0 aromatic heterocycles. The lowest BCUT2D eigenvalue weighted by atomic mass is 9.88. The van der Waals surface area contributed by atoms with Crippen LogP contribution < -0.4 is 10.2 Å². The summed E-state index contributed by atoms with van der Waals surface area (Å²) in [6.07, 6.45) is 3.83. The number of nitrogens with one attached hydrogen (secondary N) is 1. The van der Waals surface area contributed by atoms with Crippen molar-refractivity contribution in [1.82, 2.24) is 15.1 Å². The van der Waals surface area contributed by atoms with E-state index >= 15 is 0 Å². The van der Waals surface area contributed by atoms with Crippen molar-refractivity contribution in [3.8, 4) is 0 Å². The van der Waals surface area contributed by atoms with Crippen LogP contribution in [-0.4, -0.2) is 71.5 Å². The maximum Gasteiger partial charge on any atom is 0.393 e. The van der Waals surface area contributed by atoms with E-state index in [-0.39, 0.29) is 43.3 Å². The summed E-state index contributed by atoms with van der Waals surface area (Å²) in [5.74, 6) is -1.34. The highest BCUT2D eigenvalue weighted by atomic mass is 19.4. The van der Waals surface area contributed by atoms with Gasteiger partial charge in [0.05, 0.1) is 5.92 Å². The summed E-state index contributed by atoms with van der Waals surface area (Å²) in [7, 11) is 0. The lowest BCUT2D eigenvalue weighted by molar-refractivity contribution is -0.171. The van der Waals surface area contributed by atoms with E-state index in [1.165, 1.54) is 12.8 Å². The smallest absolute Gasteiger partial charge is 0.368 e. The Morgan fingerprint density at radius 2 is 1.74 bits per heavy atom. The largest absolute Gasteiger partial charge is 0.393 e. The Hall–Kier alpha value is -2.62. The van der Waals surface area contributed by atoms with Gasteiger partial charge in [-0.15, -0.1) is 0 Å². The van der Waals surface area contributed by atoms with Crippen molar-refractivity contribution in [2.24, 2.45) is 11.8 Å². The number of hydrogen-bond donors (Lipinski definition) is 1. The van der Waals surface area contributed by atoms with Gasteiger partial charge in [-0.25, -0.2) is 0 Å². The van der Waals surface area contributed by atoms with Crippen LogP contribution in [0.25, 0.3) is 0 Å². The standard InChI is InChI=1S/C29H37F3N4O3/c30-29(31,32)19-13-14-34(16-19)20-6-8-21(9-7-20)35(15-12-18-4-5-18)24-3-1-2-22-23(24)17-36(28(22)39)25-10-11-26(37)33-27(25)38/h1-3,18-21,25H,4-17H2,(H,33,37,38)/t19-,20?,21?,25?/m1/s1.